The average molecular weight is 424 g/mol. The van der Waals surface area contributed by atoms with Crippen LogP contribution in [0.15, 0.2) is 83.8 Å². The summed E-state index contributed by atoms with van der Waals surface area (Å²) in [6.45, 7) is 1.71. The van der Waals surface area contributed by atoms with Crippen molar-refractivity contribution in [1.29, 1.82) is 0 Å². The Bertz CT molecular complexity index is 1310. The number of nitrogens with zero attached hydrogens (tertiary/aromatic N) is 3. The predicted octanol–water partition coefficient (Wildman–Crippen LogP) is 4.89. The van der Waals surface area contributed by atoms with Crippen molar-refractivity contribution in [3.05, 3.63) is 101 Å². The summed E-state index contributed by atoms with van der Waals surface area (Å²) in [6.07, 6.45) is 4.38. The van der Waals surface area contributed by atoms with E-state index in [1.54, 1.807) is 10.8 Å². The number of fused-ring (bicyclic) bond motifs is 2. The number of carbonyl (C=O) groups excluding carboxylic acids is 1. The van der Waals surface area contributed by atoms with Crippen LogP contribution in [-0.4, -0.2) is 26.9 Å². The summed E-state index contributed by atoms with van der Waals surface area (Å²) < 4.78 is 1.67. The molecule has 160 valence electrons. The van der Waals surface area contributed by atoms with E-state index in [-0.39, 0.29) is 11.5 Å². The zero-order valence-corrected chi connectivity index (χ0v) is 17.9. The fourth-order valence-corrected chi connectivity index (χ4v) is 4.56. The van der Waals surface area contributed by atoms with Gasteiger partial charge >= 0.3 is 0 Å². The summed E-state index contributed by atoms with van der Waals surface area (Å²) in [5.41, 5.74) is 3.49. The quantitative estimate of drug-likeness (QED) is 0.471. The van der Waals surface area contributed by atoms with E-state index in [1.165, 1.54) is 0 Å². The first-order chi connectivity index (χ1) is 15.7. The van der Waals surface area contributed by atoms with Crippen LogP contribution in [0.3, 0.4) is 0 Å². The number of aromatic nitrogens is 2. The lowest BCUT2D eigenvalue weighted by atomic mass is 9.97. The van der Waals surface area contributed by atoms with Gasteiger partial charge in [-0.15, -0.1) is 0 Å². The third kappa shape index (κ3) is 3.71. The maximum absolute atomic E-state index is 14.1. The highest BCUT2D eigenvalue weighted by molar-refractivity contribution is 6.07. The van der Waals surface area contributed by atoms with E-state index in [9.17, 15) is 9.59 Å². The van der Waals surface area contributed by atoms with E-state index in [0.29, 0.717) is 30.8 Å². The molecule has 2 aromatic heterocycles. The minimum Gasteiger partial charge on any atom is -0.333 e. The summed E-state index contributed by atoms with van der Waals surface area (Å²) in [7, 11) is 0. The van der Waals surface area contributed by atoms with Crippen molar-refractivity contribution in [3.63, 3.8) is 0 Å². The van der Waals surface area contributed by atoms with E-state index < -0.39 is 0 Å². The molecule has 1 aliphatic heterocycles. The summed E-state index contributed by atoms with van der Waals surface area (Å²) in [5.74, 6) is -0.0996. The van der Waals surface area contributed by atoms with Gasteiger partial charge in [0.05, 0.1) is 0 Å². The van der Waals surface area contributed by atoms with Crippen molar-refractivity contribution in [2.45, 2.75) is 32.4 Å². The Balaban J connectivity index is 1.77. The van der Waals surface area contributed by atoms with Crippen molar-refractivity contribution in [1.82, 2.24) is 14.5 Å². The monoisotopic (exact) mass is 423 g/mol. The Morgan fingerprint density at radius 1 is 0.781 bits per heavy atom. The lowest BCUT2D eigenvalue weighted by Crippen LogP contribution is -2.36. The molecule has 0 spiro atoms. The fraction of sp³-hybridized carbons (Fsp3) is 0.222. The smallest absolute Gasteiger partial charge is 0.277 e. The number of pyridine rings is 2. The highest BCUT2D eigenvalue weighted by Gasteiger charge is 2.28. The molecule has 0 saturated heterocycles. The number of benzene rings is 2. The fourth-order valence-electron chi connectivity index (χ4n) is 4.56. The van der Waals surface area contributed by atoms with E-state index in [0.717, 1.165) is 41.3 Å². The molecule has 32 heavy (non-hydrogen) atoms. The maximum atomic E-state index is 14.1. The molecular weight excluding hydrogens is 398 g/mol. The molecule has 0 bridgehead atoms. The Labute approximate surface area is 187 Å². The predicted molar refractivity (Wildman–Crippen MR) is 126 cm³/mol. The zero-order valence-electron chi connectivity index (χ0n) is 17.9. The Hall–Kier alpha value is -3.73. The van der Waals surface area contributed by atoms with Crippen LogP contribution in [0.25, 0.3) is 22.0 Å². The second kappa shape index (κ2) is 8.79. The molecular formula is C27H25N3O2. The number of rotatable bonds is 3. The summed E-state index contributed by atoms with van der Waals surface area (Å²) >= 11 is 0. The molecule has 1 aliphatic rings. The van der Waals surface area contributed by atoms with Crippen LogP contribution in [-0.2, 0) is 13.1 Å². The van der Waals surface area contributed by atoms with Gasteiger partial charge in [0, 0.05) is 36.8 Å². The zero-order chi connectivity index (χ0) is 21.9. The van der Waals surface area contributed by atoms with Gasteiger partial charge in [-0.25, -0.2) is 0 Å². The standard InChI is InChI=1S/C27H25N3O2/c31-26-24-22(15-10-16-28-24)23(21-13-6-2-7-14-21)25-27(32)29(17-8-3-9-18-30(25)26)19-20-11-4-1-5-12-20/h1-2,4-7,10-16H,3,8-9,17-19H2. The molecule has 0 aliphatic carbocycles. The van der Waals surface area contributed by atoms with Gasteiger partial charge < -0.3 is 9.47 Å². The molecule has 4 aromatic rings. The molecule has 5 heteroatoms. The van der Waals surface area contributed by atoms with Crippen LogP contribution in [0.4, 0.5) is 0 Å². The van der Waals surface area contributed by atoms with E-state index in [2.05, 4.69) is 4.98 Å². The second-order valence-corrected chi connectivity index (χ2v) is 8.22. The van der Waals surface area contributed by atoms with Crippen LogP contribution >= 0.6 is 0 Å². The molecule has 5 nitrogen and oxygen atoms in total. The maximum Gasteiger partial charge on any atom is 0.277 e. The third-order valence-electron chi connectivity index (χ3n) is 6.11. The van der Waals surface area contributed by atoms with Crippen molar-refractivity contribution in [2.24, 2.45) is 0 Å². The number of hydrogen-bond donors (Lipinski definition) is 0. The van der Waals surface area contributed by atoms with Gasteiger partial charge in [-0.05, 0) is 36.5 Å². The van der Waals surface area contributed by atoms with E-state index >= 15 is 0 Å². The normalized spacial score (nSPS) is 14.5. The molecule has 0 atom stereocenters. The molecule has 5 rings (SSSR count). The first-order valence-corrected chi connectivity index (χ1v) is 11.1. The Morgan fingerprint density at radius 2 is 1.50 bits per heavy atom. The molecule has 1 amide bonds. The lowest BCUT2D eigenvalue weighted by Gasteiger charge is -2.25. The number of hydrogen-bond acceptors (Lipinski definition) is 3. The Morgan fingerprint density at radius 3 is 2.28 bits per heavy atom. The number of amides is 1. The topological polar surface area (TPSA) is 55.2 Å². The first-order valence-electron chi connectivity index (χ1n) is 11.1. The molecule has 0 N–H and O–H groups in total. The first kappa shape index (κ1) is 20.2. The highest BCUT2D eigenvalue weighted by atomic mass is 16.2. The minimum atomic E-state index is -0.190. The van der Waals surface area contributed by atoms with Gasteiger partial charge in [0.2, 0.25) is 0 Å². The Kier molecular flexibility index (Phi) is 5.55. The van der Waals surface area contributed by atoms with Gasteiger partial charge in [0.15, 0.2) is 0 Å². The average Bonchev–Trinajstić information content (AvgIpc) is 2.91. The van der Waals surface area contributed by atoms with E-state index in [4.69, 9.17) is 0 Å². The van der Waals surface area contributed by atoms with Crippen LogP contribution in [0.2, 0.25) is 0 Å². The van der Waals surface area contributed by atoms with Crippen LogP contribution in [0.1, 0.15) is 35.3 Å². The van der Waals surface area contributed by atoms with Crippen molar-refractivity contribution < 1.29 is 4.79 Å². The van der Waals surface area contributed by atoms with Crippen LogP contribution in [0.5, 0.6) is 0 Å². The van der Waals surface area contributed by atoms with Gasteiger partial charge in [-0.3, -0.25) is 14.6 Å². The molecule has 2 aromatic carbocycles. The largest absolute Gasteiger partial charge is 0.333 e. The molecule has 0 fully saturated rings. The SMILES string of the molecule is O=C1c2c(-c3ccccc3)c3cccnc3c(=O)n2CCCCCN1Cc1ccccc1. The van der Waals surface area contributed by atoms with Crippen molar-refractivity contribution >= 4 is 16.8 Å². The molecule has 0 saturated carbocycles. The lowest BCUT2D eigenvalue weighted by molar-refractivity contribution is 0.0733. The van der Waals surface area contributed by atoms with Crippen molar-refractivity contribution in [3.8, 4) is 11.1 Å². The van der Waals surface area contributed by atoms with Gasteiger partial charge in [-0.1, -0.05) is 66.7 Å². The second-order valence-electron chi connectivity index (χ2n) is 8.22. The summed E-state index contributed by atoms with van der Waals surface area (Å²) in [6, 6.07) is 23.6. The van der Waals surface area contributed by atoms with Gasteiger partial charge in [0.25, 0.3) is 11.5 Å². The third-order valence-corrected chi connectivity index (χ3v) is 6.11. The van der Waals surface area contributed by atoms with Gasteiger partial charge in [0.1, 0.15) is 11.2 Å². The number of carbonyl (C=O) groups is 1. The summed E-state index contributed by atoms with van der Waals surface area (Å²) in [4.78, 5) is 33.9. The van der Waals surface area contributed by atoms with Crippen molar-refractivity contribution in [2.75, 3.05) is 6.54 Å². The van der Waals surface area contributed by atoms with Crippen LogP contribution < -0.4 is 5.56 Å². The highest BCUT2D eigenvalue weighted by Crippen LogP contribution is 2.32. The molecule has 3 heterocycles. The van der Waals surface area contributed by atoms with E-state index in [1.807, 2.05) is 77.7 Å². The molecule has 0 unspecified atom stereocenters. The molecule has 0 radical (unpaired) electrons. The summed E-state index contributed by atoms with van der Waals surface area (Å²) in [5, 5.41) is 0.724. The van der Waals surface area contributed by atoms with Crippen LogP contribution in [0, 0.1) is 0 Å². The van der Waals surface area contributed by atoms with Gasteiger partial charge in [-0.2, -0.15) is 0 Å². The minimum absolute atomic E-state index is 0.0996.